The van der Waals surface area contributed by atoms with E-state index in [1.165, 1.54) is 6.92 Å². The van der Waals surface area contributed by atoms with E-state index in [1.54, 1.807) is 0 Å². The van der Waals surface area contributed by atoms with Crippen LogP contribution in [0.4, 0.5) is 4.39 Å². The lowest BCUT2D eigenvalue weighted by Gasteiger charge is -2.14. The number of ether oxygens (including phenoxy) is 1. The van der Waals surface area contributed by atoms with Gasteiger partial charge in [0.05, 0.1) is 6.61 Å². The quantitative estimate of drug-likeness (QED) is 0.272. The molecule has 4 heteroatoms. The van der Waals surface area contributed by atoms with Gasteiger partial charge in [0.2, 0.25) is 0 Å². The standard InChI is InChI=1S/C11H19FO3/c1-3-5-6-7-8-15-10(14)11(12,4-2)9-13/h9H,3-8H2,1-2H3. The molecule has 0 radical (unpaired) electrons. The molecule has 0 aliphatic heterocycles. The molecule has 0 aromatic heterocycles. The second-order valence-corrected chi connectivity index (χ2v) is 3.53. The SMILES string of the molecule is CCCCCCOC(=O)C(F)(C=O)CC. The summed E-state index contributed by atoms with van der Waals surface area (Å²) in [6.45, 7) is 3.70. The maximum Gasteiger partial charge on any atom is 0.351 e. The normalized spacial score (nSPS) is 14.3. The van der Waals surface area contributed by atoms with Crippen LogP contribution in [0.25, 0.3) is 0 Å². The average molecular weight is 218 g/mol. The number of alkyl halides is 1. The zero-order valence-electron chi connectivity index (χ0n) is 9.42. The lowest BCUT2D eigenvalue weighted by Crippen LogP contribution is -2.36. The van der Waals surface area contributed by atoms with E-state index < -0.39 is 11.6 Å². The van der Waals surface area contributed by atoms with E-state index in [-0.39, 0.29) is 19.3 Å². The van der Waals surface area contributed by atoms with Gasteiger partial charge in [0.1, 0.15) is 0 Å². The first-order valence-electron chi connectivity index (χ1n) is 5.43. The van der Waals surface area contributed by atoms with E-state index in [1.807, 2.05) is 0 Å². The van der Waals surface area contributed by atoms with E-state index in [0.29, 0.717) is 0 Å². The molecule has 1 atom stereocenters. The molecule has 0 fully saturated rings. The molecule has 0 N–H and O–H groups in total. The Bertz CT molecular complexity index is 206. The van der Waals surface area contributed by atoms with Crippen molar-refractivity contribution in [2.45, 2.75) is 51.6 Å². The molecule has 0 saturated heterocycles. The number of hydrogen-bond donors (Lipinski definition) is 0. The highest BCUT2D eigenvalue weighted by atomic mass is 19.1. The molecule has 0 spiro atoms. The van der Waals surface area contributed by atoms with Gasteiger partial charge in [-0.15, -0.1) is 0 Å². The summed E-state index contributed by atoms with van der Waals surface area (Å²) in [5.41, 5.74) is -2.45. The summed E-state index contributed by atoms with van der Waals surface area (Å²) >= 11 is 0. The Kier molecular flexibility index (Phi) is 6.92. The predicted octanol–water partition coefficient (Wildman–Crippen LogP) is 2.43. The van der Waals surface area contributed by atoms with Crippen LogP contribution in [0.3, 0.4) is 0 Å². The Labute approximate surface area is 90.0 Å². The number of carbonyl (C=O) groups is 2. The summed E-state index contributed by atoms with van der Waals surface area (Å²) in [4.78, 5) is 21.5. The van der Waals surface area contributed by atoms with Crippen LogP contribution >= 0.6 is 0 Å². The minimum atomic E-state index is -2.45. The first-order chi connectivity index (χ1) is 7.10. The van der Waals surface area contributed by atoms with E-state index in [4.69, 9.17) is 4.74 Å². The van der Waals surface area contributed by atoms with Gasteiger partial charge in [0.15, 0.2) is 6.29 Å². The maximum absolute atomic E-state index is 13.4. The van der Waals surface area contributed by atoms with Crippen molar-refractivity contribution in [2.75, 3.05) is 6.61 Å². The van der Waals surface area contributed by atoms with Gasteiger partial charge in [0.25, 0.3) is 5.67 Å². The van der Waals surface area contributed by atoms with Crippen molar-refractivity contribution in [1.29, 1.82) is 0 Å². The second kappa shape index (κ2) is 7.37. The van der Waals surface area contributed by atoms with Gasteiger partial charge in [0, 0.05) is 0 Å². The van der Waals surface area contributed by atoms with Crippen LogP contribution in [-0.2, 0) is 14.3 Å². The first kappa shape index (κ1) is 14.1. The zero-order chi connectivity index (χ0) is 11.7. The fourth-order valence-electron chi connectivity index (χ4n) is 1.09. The fourth-order valence-corrected chi connectivity index (χ4v) is 1.09. The number of unbranched alkanes of at least 4 members (excludes halogenated alkanes) is 3. The third kappa shape index (κ3) is 4.91. The Morgan fingerprint density at radius 2 is 2.00 bits per heavy atom. The maximum atomic E-state index is 13.4. The molecule has 0 aromatic rings. The zero-order valence-corrected chi connectivity index (χ0v) is 9.42. The molecule has 3 nitrogen and oxygen atoms in total. The molecule has 88 valence electrons. The molecule has 1 unspecified atom stereocenters. The molecule has 0 bridgehead atoms. The second-order valence-electron chi connectivity index (χ2n) is 3.53. The van der Waals surface area contributed by atoms with Gasteiger partial charge in [-0.3, -0.25) is 4.79 Å². The number of carbonyl (C=O) groups excluding carboxylic acids is 2. The Hall–Kier alpha value is -0.930. The monoisotopic (exact) mass is 218 g/mol. The Balaban J connectivity index is 3.77. The van der Waals surface area contributed by atoms with Gasteiger partial charge < -0.3 is 4.74 Å². The van der Waals surface area contributed by atoms with E-state index in [0.717, 1.165) is 25.7 Å². The van der Waals surface area contributed by atoms with Gasteiger partial charge in [-0.1, -0.05) is 33.1 Å². The Morgan fingerprint density at radius 1 is 1.33 bits per heavy atom. The molecule has 0 aromatic carbocycles. The lowest BCUT2D eigenvalue weighted by molar-refractivity contribution is -0.159. The third-order valence-corrected chi connectivity index (χ3v) is 2.27. The van der Waals surface area contributed by atoms with Crippen LogP contribution < -0.4 is 0 Å². The minimum Gasteiger partial charge on any atom is -0.463 e. The van der Waals surface area contributed by atoms with Crippen LogP contribution in [0.1, 0.15) is 46.0 Å². The summed E-state index contributed by atoms with van der Waals surface area (Å²) < 4.78 is 18.1. The van der Waals surface area contributed by atoms with Crippen molar-refractivity contribution in [3.63, 3.8) is 0 Å². The Morgan fingerprint density at radius 3 is 2.47 bits per heavy atom. The molecule has 0 saturated carbocycles. The van der Waals surface area contributed by atoms with Crippen LogP contribution in [0.5, 0.6) is 0 Å². The molecule has 0 heterocycles. The molecule has 0 rings (SSSR count). The summed E-state index contributed by atoms with van der Waals surface area (Å²) in [5.74, 6) is -1.06. The van der Waals surface area contributed by atoms with E-state index in [2.05, 4.69) is 6.92 Å². The van der Waals surface area contributed by atoms with Gasteiger partial charge >= 0.3 is 5.97 Å². The largest absolute Gasteiger partial charge is 0.463 e. The molecule has 0 aliphatic rings. The van der Waals surface area contributed by atoms with E-state index in [9.17, 15) is 14.0 Å². The number of esters is 1. The van der Waals surface area contributed by atoms with Gasteiger partial charge in [-0.05, 0) is 12.8 Å². The highest BCUT2D eigenvalue weighted by molar-refractivity contribution is 5.96. The number of rotatable bonds is 8. The molecule has 0 aliphatic carbocycles. The topological polar surface area (TPSA) is 43.4 Å². The smallest absolute Gasteiger partial charge is 0.351 e. The highest BCUT2D eigenvalue weighted by Crippen LogP contribution is 2.15. The molecule has 0 amide bonds. The van der Waals surface area contributed by atoms with Crippen LogP contribution in [-0.4, -0.2) is 24.5 Å². The van der Waals surface area contributed by atoms with Crippen molar-refractivity contribution >= 4 is 12.3 Å². The summed E-state index contributed by atoms with van der Waals surface area (Å²) in [6.07, 6.45) is 3.67. The predicted molar refractivity (Wildman–Crippen MR) is 55.3 cm³/mol. The summed E-state index contributed by atoms with van der Waals surface area (Å²) in [6, 6.07) is 0. The number of halogens is 1. The summed E-state index contributed by atoms with van der Waals surface area (Å²) in [7, 11) is 0. The van der Waals surface area contributed by atoms with Crippen molar-refractivity contribution < 1.29 is 18.7 Å². The summed E-state index contributed by atoms with van der Waals surface area (Å²) in [5, 5.41) is 0. The average Bonchev–Trinajstić information content (AvgIpc) is 2.27. The molecule has 15 heavy (non-hydrogen) atoms. The van der Waals surface area contributed by atoms with E-state index >= 15 is 0 Å². The number of hydrogen-bond acceptors (Lipinski definition) is 3. The number of aldehydes is 1. The highest BCUT2D eigenvalue weighted by Gasteiger charge is 2.38. The first-order valence-corrected chi connectivity index (χ1v) is 5.43. The van der Waals surface area contributed by atoms with Crippen molar-refractivity contribution in [2.24, 2.45) is 0 Å². The van der Waals surface area contributed by atoms with Crippen LogP contribution in [0.2, 0.25) is 0 Å². The van der Waals surface area contributed by atoms with Crippen LogP contribution in [0.15, 0.2) is 0 Å². The van der Waals surface area contributed by atoms with Crippen molar-refractivity contribution in [3.05, 3.63) is 0 Å². The van der Waals surface area contributed by atoms with Gasteiger partial charge in [-0.25, -0.2) is 9.18 Å². The van der Waals surface area contributed by atoms with Gasteiger partial charge in [-0.2, -0.15) is 0 Å². The van der Waals surface area contributed by atoms with Crippen molar-refractivity contribution in [1.82, 2.24) is 0 Å². The minimum absolute atomic E-state index is 0.0153. The third-order valence-electron chi connectivity index (χ3n) is 2.27. The lowest BCUT2D eigenvalue weighted by atomic mass is 10.1. The molecular weight excluding hydrogens is 199 g/mol. The van der Waals surface area contributed by atoms with Crippen molar-refractivity contribution in [3.8, 4) is 0 Å². The van der Waals surface area contributed by atoms with Crippen LogP contribution in [0, 0.1) is 0 Å². The fraction of sp³-hybridized carbons (Fsp3) is 0.818. The molecular formula is C11H19FO3.